The summed E-state index contributed by atoms with van der Waals surface area (Å²) in [5, 5.41) is 4.47. The second-order valence-corrected chi connectivity index (χ2v) is 7.86. The summed E-state index contributed by atoms with van der Waals surface area (Å²) in [5.41, 5.74) is 3.30. The number of ether oxygens (including phenoxy) is 1. The second kappa shape index (κ2) is 7.79. The van der Waals surface area contributed by atoms with Gasteiger partial charge in [-0.1, -0.05) is 18.2 Å². The lowest BCUT2D eigenvalue weighted by atomic mass is 10.2. The Morgan fingerprint density at radius 3 is 2.79 bits per heavy atom. The predicted molar refractivity (Wildman–Crippen MR) is 108 cm³/mol. The number of rotatable bonds is 6. The van der Waals surface area contributed by atoms with Gasteiger partial charge in [-0.25, -0.2) is 4.68 Å². The molecule has 2 aliphatic rings. The first kappa shape index (κ1) is 18.1. The summed E-state index contributed by atoms with van der Waals surface area (Å²) >= 11 is 0. The van der Waals surface area contributed by atoms with E-state index in [9.17, 15) is 4.79 Å². The van der Waals surface area contributed by atoms with Crippen LogP contribution in [0, 0.1) is 5.92 Å². The molecule has 1 aliphatic carbocycles. The molecule has 6 heteroatoms. The van der Waals surface area contributed by atoms with E-state index in [0.29, 0.717) is 13.2 Å². The van der Waals surface area contributed by atoms with E-state index in [4.69, 9.17) is 4.74 Å². The summed E-state index contributed by atoms with van der Waals surface area (Å²) in [7, 11) is 0. The Morgan fingerprint density at radius 1 is 1.14 bits per heavy atom. The zero-order valence-corrected chi connectivity index (χ0v) is 16.2. The quantitative estimate of drug-likeness (QED) is 0.651. The van der Waals surface area contributed by atoms with Crippen molar-refractivity contribution in [1.82, 2.24) is 19.7 Å². The first-order chi connectivity index (χ1) is 14.3. The zero-order valence-electron chi connectivity index (χ0n) is 16.2. The number of pyridine rings is 1. The predicted octanol–water partition coefficient (Wildman–Crippen LogP) is 3.19. The molecule has 3 aromatic rings. The van der Waals surface area contributed by atoms with Gasteiger partial charge in [0.1, 0.15) is 0 Å². The minimum atomic E-state index is 0.0855. The Labute approximate surface area is 170 Å². The summed E-state index contributed by atoms with van der Waals surface area (Å²) in [6.45, 7) is 2.04. The summed E-state index contributed by atoms with van der Waals surface area (Å²) in [6, 6.07) is 14.0. The average Bonchev–Trinajstić information content (AvgIpc) is 3.19. The summed E-state index contributed by atoms with van der Waals surface area (Å²) in [4.78, 5) is 18.9. The molecule has 2 aromatic heterocycles. The number of carbonyl (C=O) groups excluding carboxylic acids is 1. The van der Waals surface area contributed by atoms with E-state index in [0.717, 1.165) is 36.2 Å². The number of hydrogen-bond acceptors (Lipinski definition) is 4. The first-order valence-corrected chi connectivity index (χ1v) is 10.2. The SMILES string of the molecule is O=C([C@@H]1C[C@H]1c1cnn(-c2ccccc2)c1)N1CCC(OCc2ccncc2)C1. The fraction of sp³-hybridized carbons (Fsp3) is 0.348. The van der Waals surface area contributed by atoms with Crippen molar-refractivity contribution in [2.45, 2.75) is 31.5 Å². The van der Waals surface area contributed by atoms with Gasteiger partial charge < -0.3 is 9.64 Å². The highest BCUT2D eigenvalue weighted by Crippen LogP contribution is 2.48. The van der Waals surface area contributed by atoms with Gasteiger partial charge in [0.2, 0.25) is 5.91 Å². The van der Waals surface area contributed by atoms with Crippen LogP contribution in [0.5, 0.6) is 0 Å². The highest BCUT2D eigenvalue weighted by molar-refractivity contribution is 5.83. The summed E-state index contributed by atoms with van der Waals surface area (Å²) in [6.07, 6.45) is 9.43. The van der Waals surface area contributed by atoms with E-state index in [2.05, 4.69) is 16.3 Å². The van der Waals surface area contributed by atoms with Crippen molar-refractivity contribution in [3.8, 4) is 5.69 Å². The fourth-order valence-electron chi connectivity index (χ4n) is 4.08. The number of hydrogen-bond donors (Lipinski definition) is 0. The van der Waals surface area contributed by atoms with Gasteiger partial charge in [0.05, 0.1) is 24.6 Å². The average molecular weight is 388 g/mol. The van der Waals surface area contributed by atoms with E-state index in [1.54, 1.807) is 12.4 Å². The molecule has 1 saturated heterocycles. The Hall–Kier alpha value is -2.99. The van der Waals surface area contributed by atoms with Crippen molar-refractivity contribution in [3.63, 3.8) is 0 Å². The Kier molecular flexibility index (Phi) is 4.86. The van der Waals surface area contributed by atoms with E-state index in [-0.39, 0.29) is 23.8 Å². The van der Waals surface area contributed by atoms with Gasteiger partial charge in [-0.2, -0.15) is 5.10 Å². The smallest absolute Gasteiger partial charge is 0.226 e. The standard InChI is InChI=1S/C23H24N4O2/c28-23(26-11-8-20(15-26)29-16-17-6-9-24-10-7-17)22-12-21(22)18-13-25-27(14-18)19-4-2-1-3-5-19/h1-7,9-10,13-14,20-22H,8,11-12,15-16H2/t20?,21-,22+/m0/s1. The van der Waals surface area contributed by atoms with Crippen LogP contribution in [0.1, 0.15) is 29.9 Å². The van der Waals surface area contributed by atoms with Crippen LogP contribution < -0.4 is 0 Å². The number of aromatic nitrogens is 3. The van der Waals surface area contributed by atoms with Crippen molar-refractivity contribution >= 4 is 5.91 Å². The van der Waals surface area contributed by atoms with Gasteiger partial charge in [0.15, 0.2) is 0 Å². The van der Waals surface area contributed by atoms with Crippen molar-refractivity contribution < 1.29 is 9.53 Å². The minimum Gasteiger partial charge on any atom is -0.372 e. The molecule has 1 unspecified atom stereocenters. The lowest BCUT2D eigenvalue weighted by molar-refractivity contribution is -0.132. The molecule has 5 rings (SSSR count). The maximum absolute atomic E-state index is 12.9. The van der Waals surface area contributed by atoms with Crippen molar-refractivity contribution in [1.29, 1.82) is 0 Å². The molecule has 1 aromatic carbocycles. The van der Waals surface area contributed by atoms with E-state index in [1.165, 1.54) is 0 Å². The molecular weight excluding hydrogens is 364 g/mol. The fourth-order valence-corrected chi connectivity index (χ4v) is 4.08. The van der Waals surface area contributed by atoms with Crippen LogP contribution in [0.15, 0.2) is 67.3 Å². The van der Waals surface area contributed by atoms with Gasteiger partial charge >= 0.3 is 0 Å². The maximum atomic E-state index is 12.9. The molecule has 6 nitrogen and oxygen atoms in total. The molecule has 3 heterocycles. The molecule has 1 amide bonds. The highest BCUT2D eigenvalue weighted by atomic mass is 16.5. The van der Waals surface area contributed by atoms with Crippen LogP contribution in [-0.2, 0) is 16.1 Å². The van der Waals surface area contributed by atoms with Crippen molar-refractivity contribution in [3.05, 3.63) is 78.4 Å². The number of nitrogens with zero attached hydrogens (tertiary/aromatic N) is 4. The second-order valence-electron chi connectivity index (χ2n) is 7.86. The zero-order chi connectivity index (χ0) is 19.6. The van der Waals surface area contributed by atoms with Gasteiger partial charge in [0.25, 0.3) is 0 Å². The van der Waals surface area contributed by atoms with Crippen LogP contribution >= 0.6 is 0 Å². The van der Waals surface area contributed by atoms with Gasteiger partial charge in [-0.05, 0) is 54.2 Å². The van der Waals surface area contributed by atoms with Gasteiger partial charge in [-0.15, -0.1) is 0 Å². The molecular formula is C23H24N4O2. The number of carbonyl (C=O) groups is 1. The molecule has 0 bridgehead atoms. The lowest BCUT2D eigenvalue weighted by Gasteiger charge is -2.17. The van der Waals surface area contributed by atoms with Gasteiger partial charge in [-0.3, -0.25) is 9.78 Å². The Bertz CT molecular complexity index is 973. The van der Waals surface area contributed by atoms with Crippen molar-refractivity contribution in [2.75, 3.05) is 13.1 Å². The number of benzene rings is 1. The third-order valence-electron chi connectivity index (χ3n) is 5.85. The Morgan fingerprint density at radius 2 is 1.97 bits per heavy atom. The van der Waals surface area contributed by atoms with Crippen LogP contribution in [-0.4, -0.2) is 44.8 Å². The molecule has 0 radical (unpaired) electrons. The molecule has 0 spiro atoms. The molecule has 0 N–H and O–H groups in total. The number of likely N-dealkylation sites (tertiary alicyclic amines) is 1. The number of amides is 1. The largest absolute Gasteiger partial charge is 0.372 e. The van der Waals surface area contributed by atoms with Crippen LogP contribution in [0.3, 0.4) is 0 Å². The van der Waals surface area contributed by atoms with E-state index >= 15 is 0 Å². The van der Waals surface area contributed by atoms with E-state index in [1.807, 2.05) is 58.2 Å². The maximum Gasteiger partial charge on any atom is 0.226 e. The topological polar surface area (TPSA) is 60.2 Å². The summed E-state index contributed by atoms with van der Waals surface area (Å²) < 4.78 is 7.88. The third-order valence-corrected chi connectivity index (χ3v) is 5.85. The molecule has 2 fully saturated rings. The normalized spacial score (nSPS) is 23.3. The number of para-hydroxylation sites is 1. The highest BCUT2D eigenvalue weighted by Gasteiger charge is 2.47. The monoisotopic (exact) mass is 388 g/mol. The van der Waals surface area contributed by atoms with Gasteiger partial charge in [0, 0.05) is 37.6 Å². The summed E-state index contributed by atoms with van der Waals surface area (Å²) in [5.74, 6) is 0.636. The third kappa shape index (κ3) is 3.93. The Balaban J connectivity index is 1.14. The molecule has 148 valence electrons. The van der Waals surface area contributed by atoms with Crippen molar-refractivity contribution in [2.24, 2.45) is 5.92 Å². The molecule has 3 atom stereocenters. The lowest BCUT2D eigenvalue weighted by Crippen LogP contribution is -2.31. The van der Waals surface area contributed by atoms with Crippen LogP contribution in [0.25, 0.3) is 5.69 Å². The first-order valence-electron chi connectivity index (χ1n) is 10.2. The van der Waals surface area contributed by atoms with E-state index < -0.39 is 0 Å². The molecule has 29 heavy (non-hydrogen) atoms. The van der Waals surface area contributed by atoms with Crippen LogP contribution in [0.4, 0.5) is 0 Å². The van der Waals surface area contributed by atoms with Crippen LogP contribution in [0.2, 0.25) is 0 Å². The molecule has 1 saturated carbocycles. The minimum absolute atomic E-state index is 0.0855. The molecule has 1 aliphatic heterocycles.